The summed E-state index contributed by atoms with van der Waals surface area (Å²) in [6, 6.07) is 10.8. The third kappa shape index (κ3) is 4.50. The molecule has 2 rings (SSSR count). The Morgan fingerprint density at radius 1 is 1.16 bits per heavy atom. The number of ether oxygens (including phenoxy) is 1. The zero-order chi connectivity index (χ0) is 18.6. The van der Waals surface area contributed by atoms with Crippen LogP contribution in [0.1, 0.15) is 61.8 Å². The number of aromatic amines is 1. The van der Waals surface area contributed by atoms with Gasteiger partial charge in [-0.2, -0.15) is 0 Å². The molecule has 0 saturated heterocycles. The fraction of sp³-hybridized carbons (Fsp3) is 0.400. The summed E-state index contributed by atoms with van der Waals surface area (Å²) in [5.41, 5.74) is 1.36. The van der Waals surface area contributed by atoms with Gasteiger partial charge in [0.15, 0.2) is 0 Å². The van der Waals surface area contributed by atoms with Crippen LogP contribution in [0, 0.1) is 0 Å². The third-order valence-corrected chi connectivity index (χ3v) is 4.19. The molecule has 0 fully saturated rings. The smallest absolute Gasteiger partial charge is 0.261 e. The first-order valence-corrected chi connectivity index (χ1v) is 8.45. The first kappa shape index (κ1) is 18.8. The zero-order valence-electron chi connectivity index (χ0n) is 15.5. The quantitative estimate of drug-likeness (QED) is 0.873. The van der Waals surface area contributed by atoms with Crippen molar-refractivity contribution in [3.63, 3.8) is 0 Å². The number of H-pyrrole nitrogens is 1. The molecule has 5 nitrogen and oxygen atoms in total. The number of benzene rings is 1. The second-order valence-corrected chi connectivity index (χ2v) is 7.07. The van der Waals surface area contributed by atoms with Gasteiger partial charge in [0.2, 0.25) is 0 Å². The third-order valence-electron chi connectivity index (χ3n) is 4.19. The number of amides is 1. The molecule has 1 amide bonds. The summed E-state index contributed by atoms with van der Waals surface area (Å²) in [4.78, 5) is 27.6. The number of carbonyl (C=O) groups excluding carboxylic acids is 1. The lowest BCUT2D eigenvalue weighted by molar-refractivity contribution is 0.0934. The average molecular weight is 342 g/mol. The van der Waals surface area contributed by atoms with Crippen LogP contribution in [0.25, 0.3) is 0 Å². The van der Waals surface area contributed by atoms with Crippen molar-refractivity contribution in [3.8, 4) is 5.75 Å². The summed E-state index contributed by atoms with van der Waals surface area (Å²) in [5.74, 6) is 0.392. The predicted octanol–water partition coefficient (Wildman–Crippen LogP) is 3.56. The van der Waals surface area contributed by atoms with Crippen molar-refractivity contribution in [1.29, 1.82) is 0 Å². The van der Waals surface area contributed by atoms with Crippen molar-refractivity contribution in [2.75, 3.05) is 7.11 Å². The zero-order valence-corrected chi connectivity index (χ0v) is 15.5. The average Bonchev–Trinajstić information content (AvgIpc) is 2.58. The monoisotopic (exact) mass is 342 g/mol. The lowest BCUT2D eigenvalue weighted by Gasteiger charge is -2.20. The highest BCUT2D eigenvalue weighted by atomic mass is 16.5. The van der Waals surface area contributed by atoms with Crippen molar-refractivity contribution in [2.24, 2.45) is 0 Å². The second kappa shape index (κ2) is 7.55. The van der Waals surface area contributed by atoms with E-state index in [2.05, 4.69) is 10.3 Å². The fourth-order valence-electron chi connectivity index (χ4n) is 2.58. The van der Waals surface area contributed by atoms with Gasteiger partial charge in [-0.1, -0.05) is 39.8 Å². The van der Waals surface area contributed by atoms with Gasteiger partial charge in [-0.15, -0.1) is 0 Å². The molecular formula is C20H26N2O3. The van der Waals surface area contributed by atoms with Crippen molar-refractivity contribution < 1.29 is 9.53 Å². The van der Waals surface area contributed by atoms with Crippen LogP contribution in [0.15, 0.2) is 41.2 Å². The number of rotatable bonds is 5. The first-order chi connectivity index (χ1) is 11.8. The summed E-state index contributed by atoms with van der Waals surface area (Å²) in [6.07, 6.45) is 0.718. The summed E-state index contributed by atoms with van der Waals surface area (Å²) < 4.78 is 5.15. The maximum Gasteiger partial charge on any atom is 0.261 e. The fourth-order valence-corrected chi connectivity index (χ4v) is 2.58. The molecule has 2 aromatic rings. The number of pyridine rings is 1. The molecule has 0 unspecified atom stereocenters. The minimum atomic E-state index is -0.371. The van der Waals surface area contributed by atoms with Gasteiger partial charge in [0.25, 0.3) is 11.5 Å². The van der Waals surface area contributed by atoms with Gasteiger partial charge in [0.1, 0.15) is 11.3 Å². The van der Waals surface area contributed by atoms with Crippen LogP contribution in [0.4, 0.5) is 0 Å². The maximum absolute atomic E-state index is 12.5. The topological polar surface area (TPSA) is 71.2 Å². The number of nitrogens with one attached hydrogen (secondary N) is 2. The molecule has 0 aliphatic carbocycles. The molecule has 25 heavy (non-hydrogen) atoms. The van der Waals surface area contributed by atoms with Crippen LogP contribution in [0.2, 0.25) is 0 Å². The van der Waals surface area contributed by atoms with Crippen molar-refractivity contribution in [3.05, 3.63) is 63.6 Å². The van der Waals surface area contributed by atoms with Crippen LogP contribution in [0.3, 0.4) is 0 Å². The molecule has 2 N–H and O–H groups in total. The van der Waals surface area contributed by atoms with Crippen molar-refractivity contribution >= 4 is 5.91 Å². The highest BCUT2D eigenvalue weighted by Crippen LogP contribution is 2.21. The van der Waals surface area contributed by atoms with Crippen LogP contribution in [-0.2, 0) is 5.41 Å². The molecule has 0 radical (unpaired) electrons. The highest BCUT2D eigenvalue weighted by Gasteiger charge is 2.20. The Labute approximate surface area is 148 Å². The molecule has 1 atom stereocenters. The largest absolute Gasteiger partial charge is 0.497 e. The first-order valence-electron chi connectivity index (χ1n) is 8.45. The summed E-state index contributed by atoms with van der Waals surface area (Å²) in [7, 11) is 1.61. The molecule has 0 aliphatic heterocycles. The Morgan fingerprint density at radius 2 is 1.80 bits per heavy atom. The number of hydrogen-bond donors (Lipinski definition) is 2. The number of methoxy groups -OCH3 is 1. The Bertz CT molecular complexity index is 786. The van der Waals surface area contributed by atoms with Gasteiger partial charge < -0.3 is 15.0 Å². The van der Waals surface area contributed by atoms with E-state index in [0.29, 0.717) is 0 Å². The molecule has 5 heteroatoms. The van der Waals surface area contributed by atoms with E-state index in [1.54, 1.807) is 19.2 Å². The lowest BCUT2D eigenvalue weighted by atomic mass is 9.91. The van der Waals surface area contributed by atoms with E-state index in [1.807, 2.05) is 52.0 Å². The molecule has 0 saturated carbocycles. The van der Waals surface area contributed by atoms with E-state index in [4.69, 9.17) is 4.74 Å². The molecule has 1 aromatic carbocycles. The molecule has 0 bridgehead atoms. The molecule has 0 aliphatic rings. The van der Waals surface area contributed by atoms with E-state index in [0.717, 1.165) is 23.4 Å². The second-order valence-electron chi connectivity index (χ2n) is 7.07. The Kier molecular flexibility index (Phi) is 5.67. The Hall–Kier alpha value is -2.56. The van der Waals surface area contributed by atoms with Crippen LogP contribution >= 0.6 is 0 Å². The van der Waals surface area contributed by atoms with Gasteiger partial charge in [0, 0.05) is 11.1 Å². The summed E-state index contributed by atoms with van der Waals surface area (Å²) in [5, 5.41) is 2.94. The highest BCUT2D eigenvalue weighted by molar-refractivity contribution is 5.94. The van der Waals surface area contributed by atoms with Crippen molar-refractivity contribution in [2.45, 2.75) is 45.6 Å². The number of hydrogen-bond acceptors (Lipinski definition) is 3. The van der Waals surface area contributed by atoms with E-state index >= 15 is 0 Å². The minimum absolute atomic E-state index is 0.125. The van der Waals surface area contributed by atoms with Crippen LogP contribution < -0.4 is 15.6 Å². The van der Waals surface area contributed by atoms with Crippen molar-refractivity contribution in [1.82, 2.24) is 10.3 Å². The van der Waals surface area contributed by atoms with Gasteiger partial charge >= 0.3 is 0 Å². The number of carbonyl (C=O) groups is 1. The van der Waals surface area contributed by atoms with Gasteiger partial charge in [-0.3, -0.25) is 9.59 Å². The van der Waals surface area contributed by atoms with Crippen LogP contribution in [0.5, 0.6) is 5.75 Å². The van der Waals surface area contributed by atoms with Gasteiger partial charge in [0.05, 0.1) is 13.2 Å². The minimum Gasteiger partial charge on any atom is -0.497 e. The van der Waals surface area contributed by atoms with Crippen LogP contribution in [-0.4, -0.2) is 18.0 Å². The molecular weight excluding hydrogens is 316 g/mol. The Morgan fingerprint density at radius 3 is 2.28 bits per heavy atom. The van der Waals surface area contributed by atoms with E-state index < -0.39 is 0 Å². The van der Waals surface area contributed by atoms with E-state index in [1.165, 1.54) is 0 Å². The molecule has 1 heterocycles. The standard InChI is InChI=1S/C20H26N2O3/c1-6-16(13-7-9-14(25-5)10-8-13)21-18(23)15-11-12-17(20(2,3)4)22-19(15)24/h7-12,16H,6H2,1-5H3,(H,21,23)(H,22,24)/t16-/m1/s1. The van der Waals surface area contributed by atoms with E-state index in [-0.39, 0.29) is 28.5 Å². The summed E-state index contributed by atoms with van der Waals surface area (Å²) >= 11 is 0. The van der Waals surface area contributed by atoms with Gasteiger partial charge in [-0.05, 0) is 36.2 Å². The lowest BCUT2D eigenvalue weighted by Crippen LogP contribution is -2.33. The Balaban J connectivity index is 2.20. The predicted molar refractivity (Wildman–Crippen MR) is 99.3 cm³/mol. The SMILES string of the molecule is CC[C@@H](NC(=O)c1ccc(C(C)(C)C)[nH]c1=O)c1ccc(OC)cc1. The number of aromatic nitrogens is 1. The van der Waals surface area contributed by atoms with E-state index in [9.17, 15) is 9.59 Å². The van der Waals surface area contributed by atoms with Gasteiger partial charge in [-0.25, -0.2) is 0 Å². The maximum atomic E-state index is 12.5. The normalized spacial score (nSPS) is 12.5. The molecule has 0 spiro atoms. The molecule has 134 valence electrons. The summed E-state index contributed by atoms with van der Waals surface area (Å²) in [6.45, 7) is 8.01. The molecule has 1 aromatic heterocycles.